The highest BCUT2D eigenvalue weighted by molar-refractivity contribution is 6.00. The molecule has 3 amide bonds. The fourth-order valence-corrected chi connectivity index (χ4v) is 2.09. The Kier molecular flexibility index (Phi) is 3.18. The first kappa shape index (κ1) is 12.3. The molecule has 1 aliphatic heterocycles. The molecule has 0 saturated carbocycles. The fraction of sp³-hybridized carbons (Fsp3) is 0.333. The molecule has 0 spiro atoms. The first-order valence-electron chi connectivity index (χ1n) is 5.65. The summed E-state index contributed by atoms with van der Waals surface area (Å²) in [6.07, 6.45) is 0.685. The molecule has 0 aromatic heterocycles. The van der Waals surface area contributed by atoms with E-state index in [1.807, 2.05) is 0 Å². The van der Waals surface area contributed by atoms with Crippen LogP contribution in [0.4, 0.5) is 14.9 Å². The highest BCUT2D eigenvalue weighted by Gasteiger charge is 2.28. The number of urea groups is 1. The molecule has 3 N–H and O–H groups in total. The maximum Gasteiger partial charge on any atom is 0.312 e. The lowest BCUT2D eigenvalue weighted by Crippen LogP contribution is -2.48. The Bertz CT molecular complexity index is 504. The Morgan fingerprint density at radius 1 is 1.50 bits per heavy atom. The second-order valence-corrected chi connectivity index (χ2v) is 4.24. The normalized spacial score (nSPS) is 15.1. The highest BCUT2D eigenvalue weighted by atomic mass is 19.1. The third-order valence-electron chi connectivity index (χ3n) is 2.94. The van der Waals surface area contributed by atoms with Gasteiger partial charge in [0.05, 0.1) is 0 Å². The van der Waals surface area contributed by atoms with Crippen molar-refractivity contribution in [2.75, 3.05) is 11.4 Å². The van der Waals surface area contributed by atoms with E-state index >= 15 is 0 Å². The molecule has 5 nitrogen and oxygen atoms in total. The summed E-state index contributed by atoms with van der Waals surface area (Å²) in [6.45, 7) is 2.03. The van der Waals surface area contributed by atoms with E-state index in [0.29, 0.717) is 18.7 Å². The Balaban J connectivity index is 2.20. The lowest BCUT2D eigenvalue weighted by molar-refractivity contribution is -0.119. The summed E-state index contributed by atoms with van der Waals surface area (Å²) in [7, 11) is 0. The minimum Gasteiger partial charge on any atom is -0.352 e. The van der Waals surface area contributed by atoms with Crippen molar-refractivity contribution in [3.63, 3.8) is 0 Å². The van der Waals surface area contributed by atoms with Gasteiger partial charge in [-0.3, -0.25) is 4.79 Å². The largest absolute Gasteiger partial charge is 0.352 e. The zero-order valence-corrected chi connectivity index (χ0v) is 9.94. The second kappa shape index (κ2) is 4.64. The number of benzene rings is 1. The fourth-order valence-electron chi connectivity index (χ4n) is 2.09. The van der Waals surface area contributed by atoms with Gasteiger partial charge in [0.1, 0.15) is 11.9 Å². The van der Waals surface area contributed by atoms with Crippen molar-refractivity contribution >= 4 is 17.6 Å². The molecule has 0 fully saturated rings. The van der Waals surface area contributed by atoms with E-state index in [2.05, 4.69) is 5.32 Å². The number of amides is 3. The number of hydrogen-bond acceptors (Lipinski definition) is 2. The molecule has 1 heterocycles. The van der Waals surface area contributed by atoms with E-state index < -0.39 is 12.1 Å². The number of halogens is 1. The van der Waals surface area contributed by atoms with Gasteiger partial charge in [0.25, 0.3) is 0 Å². The van der Waals surface area contributed by atoms with Crippen LogP contribution in [0.3, 0.4) is 0 Å². The van der Waals surface area contributed by atoms with Crippen LogP contribution in [-0.4, -0.2) is 24.5 Å². The summed E-state index contributed by atoms with van der Waals surface area (Å²) < 4.78 is 13.2. The number of primary amides is 1. The van der Waals surface area contributed by atoms with Crippen LogP contribution < -0.4 is 16.0 Å². The maximum absolute atomic E-state index is 13.2. The van der Waals surface area contributed by atoms with Crippen LogP contribution in [0.5, 0.6) is 0 Å². The van der Waals surface area contributed by atoms with E-state index in [1.165, 1.54) is 17.0 Å². The molecule has 1 aromatic carbocycles. The molecule has 0 bridgehead atoms. The summed E-state index contributed by atoms with van der Waals surface area (Å²) in [5.41, 5.74) is 6.46. The quantitative estimate of drug-likeness (QED) is 0.814. The molecular formula is C12H14FN3O2. The van der Waals surface area contributed by atoms with Crippen molar-refractivity contribution in [2.24, 2.45) is 5.73 Å². The summed E-state index contributed by atoms with van der Waals surface area (Å²) >= 11 is 0. The van der Waals surface area contributed by atoms with Gasteiger partial charge in [-0.15, -0.1) is 0 Å². The minimum atomic E-state index is -0.755. The average molecular weight is 251 g/mol. The monoisotopic (exact) mass is 251 g/mol. The molecule has 1 aromatic rings. The predicted octanol–water partition coefficient (Wildman–Crippen LogP) is 0.772. The SMILES string of the molecule is C[C@@H](NC(N)=O)C(=O)N1CCc2ccc(F)cc21. The number of carbonyl (C=O) groups is 2. The summed E-state index contributed by atoms with van der Waals surface area (Å²) in [5.74, 6) is -0.679. The third kappa shape index (κ3) is 2.27. The molecule has 0 radical (unpaired) electrons. The van der Waals surface area contributed by atoms with Gasteiger partial charge in [0.15, 0.2) is 0 Å². The molecular weight excluding hydrogens is 237 g/mol. The van der Waals surface area contributed by atoms with E-state index in [0.717, 1.165) is 5.56 Å². The number of hydrogen-bond donors (Lipinski definition) is 2. The van der Waals surface area contributed by atoms with Crippen molar-refractivity contribution in [3.8, 4) is 0 Å². The van der Waals surface area contributed by atoms with Crippen molar-refractivity contribution in [2.45, 2.75) is 19.4 Å². The predicted molar refractivity (Wildman–Crippen MR) is 64.6 cm³/mol. The molecule has 96 valence electrons. The van der Waals surface area contributed by atoms with Gasteiger partial charge in [-0.2, -0.15) is 0 Å². The molecule has 0 saturated heterocycles. The van der Waals surface area contributed by atoms with Crippen LogP contribution in [0, 0.1) is 5.82 Å². The van der Waals surface area contributed by atoms with Crippen LogP contribution in [0.1, 0.15) is 12.5 Å². The topological polar surface area (TPSA) is 75.4 Å². The number of anilines is 1. The van der Waals surface area contributed by atoms with E-state index in [-0.39, 0.29) is 11.7 Å². The molecule has 0 unspecified atom stereocenters. The Morgan fingerprint density at radius 2 is 2.22 bits per heavy atom. The average Bonchev–Trinajstić information content (AvgIpc) is 2.69. The number of nitrogens with zero attached hydrogens (tertiary/aromatic N) is 1. The van der Waals surface area contributed by atoms with Crippen molar-refractivity contribution in [3.05, 3.63) is 29.6 Å². The summed E-state index contributed by atoms with van der Waals surface area (Å²) in [5, 5.41) is 2.32. The molecule has 0 aliphatic carbocycles. The van der Waals surface area contributed by atoms with Crippen LogP contribution in [0.25, 0.3) is 0 Å². The van der Waals surface area contributed by atoms with E-state index in [1.54, 1.807) is 13.0 Å². The number of nitrogens with two attached hydrogens (primary N) is 1. The number of nitrogens with one attached hydrogen (secondary N) is 1. The molecule has 18 heavy (non-hydrogen) atoms. The second-order valence-electron chi connectivity index (χ2n) is 4.24. The summed E-state index contributed by atoms with van der Waals surface area (Å²) in [6, 6.07) is 2.89. The molecule has 2 rings (SSSR count). The number of fused-ring (bicyclic) bond motifs is 1. The number of carbonyl (C=O) groups excluding carboxylic acids is 2. The zero-order valence-electron chi connectivity index (χ0n) is 9.94. The minimum absolute atomic E-state index is 0.293. The highest BCUT2D eigenvalue weighted by Crippen LogP contribution is 2.29. The van der Waals surface area contributed by atoms with Gasteiger partial charge in [-0.25, -0.2) is 9.18 Å². The first-order chi connectivity index (χ1) is 8.49. The van der Waals surface area contributed by atoms with Crippen LogP contribution in [0.2, 0.25) is 0 Å². The lowest BCUT2D eigenvalue weighted by atomic mass is 10.1. The van der Waals surface area contributed by atoms with Crippen molar-refractivity contribution in [1.29, 1.82) is 0 Å². The third-order valence-corrected chi connectivity index (χ3v) is 2.94. The van der Waals surface area contributed by atoms with Gasteiger partial charge in [-0.1, -0.05) is 6.07 Å². The molecule has 1 aliphatic rings. The van der Waals surface area contributed by atoms with Gasteiger partial charge in [-0.05, 0) is 31.0 Å². The Morgan fingerprint density at radius 3 is 2.89 bits per heavy atom. The Hall–Kier alpha value is -2.11. The van der Waals surface area contributed by atoms with Gasteiger partial charge in [0.2, 0.25) is 5.91 Å². The first-order valence-corrected chi connectivity index (χ1v) is 5.65. The lowest BCUT2D eigenvalue weighted by Gasteiger charge is -2.21. The number of rotatable bonds is 2. The zero-order chi connectivity index (χ0) is 13.3. The van der Waals surface area contributed by atoms with Gasteiger partial charge in [0, 0.05) is 12.2 Å². The maximum atomic E-state index is 13.2. The summed E-state index contributed by atoms with van der Waals surface area (Å²) in [4.78, 5) is 24.3. The van der Waals surface area contributed by atoms with Crippen LogP contribution >= 0.6 is 0 Å². The standard InChI is InChI=1S/C12H14FN3O2/c1-7(15-12(14)18)11(17)16-5-4-8-2-3-9(13)6-10(8)16/h2-3,6-7H,4-5H2,1H3,(H3,14,15,18)/t7-/m1/s1. The molecule has 6 heteroatoms. The smallest absolute Gasteiger partial charge is 0.312 e. The van der Waals surface area contributed by atoms with Gasteiger partial charge >= 0.3 is 6.03 Å². The van der Waals surface area contributed by atoms with Crippen molar-refractivity contribution < 1.29 is 14.0 Å². The van der Waals surface area contributed by atoms with Crippen molar-refractivity contribution in [1.82, 2.24) is 5.32 Å². The Labute approximate surface area is 104 Å². The van der Waals surface area contributed by atoms with Crippen LogP contribution in [0.15, 0.2) is 18.2 Å². The van der Waals surface area contributed by atoms with Crippen LogP contribution in [-0.2, 0) is 11.2 Å². The van der Waals surface area contributed by atoms with E-state index in [4.69, 9.17) is 5.73 Å². The van der Waals surface area contributed by atoms with Gasteiger partial charge < -0.3 is 16.0 Å². The molecule has 1 atom stereocenters. The van der Waals surface area contributed by atoms with E-state index in [9.17, 15) is 14.0 Å².